The van der Waals surface area contributed by atoms with Gasteiger partial charge in [0.25, 0.3) is 0 Å². The van der Waals surface area contributed by atoms with Gasteiger partial charge in [-0.15, -0.1) is 10.2 Å². The second-order valence-electron chi connectivity index (χ2n) is 5.39. The number of carbonyl (C=O) groups excluding carboxylic acids is 1. The van der Waals surface area contributed by atoms with E-state index >= 15 is 0 Å². The number of nitrogens with zero attached hydrogens (tertiary/aromatic N) is 2. The molecule has 0 unspecified atom stereocenters. The van der Waals surface area contributed by atoms with E-state index in [-0.39, 0.29) is 11.7 Å². The predicted molar refractivity (Wildman–Crippen MR) is 111 cm³/mol. The number of amides is 1. The van der Waals surface area contributed by atoms with Crippen molar-refractivity contribution >= 4 is 51.4 Å². The van der Waals surface area contributed by atoms with Crippen molar-refractivity contribution < 1.29 is 9.53 Å². The van der Waals surface area contributed by atoms with Gasteiger partial charge in [-0.05, 0) is 23.8 Å². The van der Waals surface area contributed by atoms with Crippen molar-refractivity contribution in [3.8, 4) is 5.75 Å². The Morgan fingerprint density at radius 3 is 2.81 bits per heavy atom. The van der Waals surface area contributed by atoms with Crippen LogP contribution >= 0.6 is 34.7 Å². The van der Waals surface area contributed by atoms with Crippen LogP contribution in [0, 0.1) is 0 Å². The fraction of sp³-hybridized carbons (Fsp3) is 0.167. The number of hydrogen-bond acceptors (Lipinski definition) is 7. The summed E-state index contributed by atoms with van der Waals surface area (Å²) in [5, 5.41) is 15.5. The van der Waals surface area contributed by atoms with Crippen LogP contribution in [0.4, 0.5) is 10.8 Å². The lowest BCUT2D eigenvalue weighted by Crippen LogP contribution is -2.14. The van der Waals surface area contributed by atoms with Gasteiger partial charge in [-0.3, -0.25) is 4.79 Å². The van der Waals surface area contributed by atoms with Crippen LogP contribution in [0.1, 0.15) is 5.56 Å². The Labute approximate surface area is 170 Å². The molecule has 0 bridgehead atoms. The summed E-state index contributed by atoms with van der Waals surface area (Å²) in [5.74, 6) is 0.596. The van der Waals surface area contributed by atoms with Crippen LogP contribution in [0.3, 0.4) is 0 Å². The van der Waals surface area contributed by atoms with Crippen molar-refractivity contribution in [3.05, 3.63) is 59.1 Å². The molecular formula is C18H17ClN4O2S2. The Hall–Kier alpha value is -2.29. The molecule has 0 aliphatic rings. The lowest BCUT2D eigenvalue weighted by molar-refractivity contribution is -0.113. The lowest BCUT2D eigenvalue weighted by Gasteiger charge is -2.09. The highest BCUT2D eigenvalue weighted by Gasteiger charge is 2.11. The van der Waals surface area contributed by atoms with Gasteiger partial charge in [-0.2, -0.15) is 0 Å². The molecule has 0 saturated heterocycles. The van der Waals surface area contributed by atoms with E-state index in [9.17, 15) is 4.79 Å². The van der Waals surface area contributed by atoms with Gasteiger partial charge < -0.3 is 15.4 Å². The number of carbonyl (C=O) groups is 1. The predicted octanol–water partition coefficient (Wildman–Crippen LogP) is 4.54. The van der Waals surface area contributed by atoms with E-state index in [0.717, 1.165) is 15.0 Å². The first-order valence-corrected chi connectivity index (χ1v) is 10.2. The van der Waals surface area contributed by atoms with Crippen molar-refractivity contribution in [2.24, 2.45) is 0 Å². The molecule has 1 aromatic heterocycles. The number of halogens is 1. The third-order valence-corrected chi connectivity index (χ3v) is 5.70. The largest absolute Gasteiger partial charge is 0.495 e. The van der Waals surface area contributed by atoms with Crippen LogP contribution in [-0.2, 0) is 11.3 Å². The quantitative estimate of drug-likeness (QED) is 0.521. The van der Waals surface area contributed by atoms with Gasteiger partial charge in [0.15, 0.2) is 4.34 Å². The fourth-order valence-corrected chi connectivity index (χ4v) is 3.92. The minimum atomic E-state index is -0.172. The Bertz CT molecular complexity index is 905. The molecular weight excluding hydrogens is 404 g/mol. The number of anilines is 2. The summed E-state index contributed by atoms with van der Waals surface area (Å²) in [6.45, 7) is 0.676. The van der Waals surface area contributed by atoms with Crippen molar-refractivity contribution in [1.82, 2.24) is 10.2 Å². The smallest absolute Gasteiger partial charge is 0.234 e. The van der Waals surface area contributed by atoms with Gasteiger partial charge in [0.05, 0.1) is 18.6 Å². The summed E-state index contributed by atoms with van der Waals surface area (Å²) in [4.78, 5) is 12.2. The fourth-order valence-electron chi connectivity index (χ4n) is 2.20. The lowest BCUT2D eigenvalue weighted by atomic mass is 10.2. The van der Waals surface area contributed by atoms with Crippen LogP contribution in [0.2, 0.25) is 5.02 Å². The molecule has 3 rings (SSSR count). The van der Waals surface area contributed by atoms with Gasteiger partial charge >= 0.3 is 0 Å². The molecule has 2 N–H and O–H groups in total. The molecule has 0 spiro atoms. The molecule has 1 heterocycles. The normalized spacial score (nSPS) is 10.4. The molecule has 3 aromatic rings. The Morgan fingerprint density at radius 1 is 1.22 bits per heavy atom. The first kappa shape index (κ1) is 19.5. The average Bonchev–Trinajstić information content (AvgIpc) is 3.14. The van der Waals surface area contributed by atoms with Gasteiger partial charge in [0.1, 0.15) is 5.75 Å². The molecule has 0 saturated carbocycles. The Balaban J connectivity index is 1.49. The van der Waals surface area contributed by atoms with E-state index < -0.39 is 0 Å². The highest BCUT2D eigenvalue weighted by atomic mass is 35.5. The van der Waals surface area contributed by atoms with Crippen LogP contribution in [-0.4, -0.2) is 29.0 Å². The molecule has 27 heavy (non-hydrogen) atoms. The number of aromatic nitrogens is 2. The molecule has 0 atom stereocenters. The second-order valence-corrected chi connectivity index (χ2v) is 8.03. The second kappa shape index (κ2) is 9.59. The van der Waals surface area contributed by atoms with E-state index in [4.69, 9.17) is 16.3 Å². The van der Waals surface area contributed by atoms with Gasteiger partial charge in [-0.25, -0.2) is 0 Å². The summed E-state index contributed by atoms with van der Waals surface area (Å²) >= 11 is 8.71. The first-order valence-electron chi connectivity index (χ1n) is 8.01. The SMILES string of the molecule is COc1ccc(Cl)cc1NC(=O)CSc1nnc(NCc2ccccc2)s1. The third kappa shape index (κ3) is 5.85. The Morgan fingerprint density at radius 2 is 2.04 bits per heavy atom. The first-order chi connectivity index (χ1) is 13.1. The van der Waals surface area contributed by atoms with Gasteiger partial charge in [0.2, 0.25) is 11.0 Å². The molecule has 2 aromatic carbocycles. The number of benzene rings is 2. The van der Waals surface area contributed by atoms with Crippen molar-refractivity contribution in [2.45, 2.75) is 10.9 Å². The summed E-state index contributed by atoms with van der Waals surface area (Å²) < 4.78 is 5.94. The monoisotopic (exact) mass is 420 g/mol. The summed E-state index contributed by atoms with van der Waals surface area (Å²) in [5.41, 5.74) is 1.70. The maximum atomic E-state index is 12.2. The van der Waals surface area contributed by atoms with E-state index in [2.05, 4.69) is 20.8 Å². The van der Waals surface area contributed by atoms with Crippen molar-refractivity contribution in [1.29, 1.82) is 0 Å². The zero-order chi connectivity index (χ0) is 19.1. The molecule has 140 valence electrons. The molecule has 0 fully saturated rings. The third-order valence-electron chi connectivity index (χ3n) is 3.46. The minimum absolute atomic E-state index is 0.172. The van der Waals surface area contributed by atoms with Crippen molar-refractivity contribution in [3.63, 3.8) is 0 Å². The van der Waals surface area contributed by atoms with Gasteiger partial charge in [0, 0.05) is 11.6 Å². The standard InChI is InChI=1S/C18H17ClN4O2S2/c1-25-15-8-7-13(19)9-14(15)21-16(24)11-26-18-23-22-17(27-18)20-10-12-5-3-2-4-6-12/h2-9H,10-11H2,1H3,(H,20,22)(H,21,24). The summed E-state index contributed by atoms with van der Waals surface area (Å²) in [6.07, 6.45) is 0. The average molecular weight is 421 g/mol. The van der Waals surface area contributed by atoms with Crippen molar-refractivity contribution in [2.75, 3.05) is 23.5 Å². The van der Waals surface area contributed by atoms with Crippen LogP contribution < -0.4 is 15.4 Å². The molecule has 9 heteroatoms. The van der Waals surface area contributed by atoms with E-state index in [1.165, 1.54) is 23.1 Å². The van der Waals surface area contributed by atoms with Crippen LogP contribution in [0.5, 0.6) is 5.75 Å². The zero-order valence-electron chi connectivity index (χ0n) is 14.4. The highest BCUT2D eigenvalue weighted by Crippen LogP contribution is 2.29. The maximum Gasteiger partial charge on any atom is 0.234 e. The summed E-state index contributed by atoms with van der Waals surface area (Å²) in [6, 6.07) is 15.1. The molecule has 1 amide bonds. The number of nitrogens with one attached hydrogen (secondary N) is 2. The topological polar surface area (TPSA) is 76.1 Å². The molecule has 0 radical (unpaired) electrons. The Kier molecular flexibility index (Phi) is 6.92. The van der Waals surface area contributed by atoms with Gasteiger partial charge in [-0.1, -0.05) is 65.0 Å². The number of ether oxygens (including phenoxy) is 1. The number of rotatable bonds is 8. The van der Waals surface area contributed by atoms with E-state index in [1.54, 1.807) is 25.3 Å². The van der Waals surface area contributed by atoms with Crippen LogP contribution in [0.15, 0.2) is 52.9 Å². The minimum Gasteiger partial charge on any atom is -0.495 e. The number of methoxy groups -OCH3 is 1. The van der Waals surface area contributed by atoms with E-state index in [1.807, 2.05) is 30.3 Å². The van der Waals surface area contributed by atoms with E-state index in [0.29, 0.717) is 23.0 Å². The molecule has 6 nitrogen and oxygen atoms in total. The zero-order valence-corrected chi connectivity index (χ0v) is 16.8. The van der Waals surface area contributed by atoms with Crippen LogP contribution in [0.25, 0.3) is 0 Å². The molecule has 0 aliphatic heterocycles. The molecule has 0 aliphatic carbocycles. The number of hydrogen-bond donors (Lipinski definition) is 2. The highest BCUT2D eigenvalue weighted by molar-refractivity contribution is 8.01. The number of thioether (sulfide) groups is 1. The summed E-state index contributed by atoms with van der Waals surface area (Å²) in [7, 11) is 1.54. The maximum absolute atomic E-state index is 12.2.